The van der Waals surface area contributed by atoms with Gasteiger partial charge in [-0.1, -0.05) is 33.6 Å². The number of carbonyl (C=O) groups is 1. The highest BCUT2D eigenvalue weighted by Gasteiger charge is 2.19. The predicted octanol–water partition coefficient (Wildman–Crippen LogP) is 4.87. The van der Waals surface area contributed by atoms with Gasteiger partial charge in [-0.05, 0) is 24.3 Å². The summed E-state index contributed by atoms with van der Waals surface area (Å²) in [5.41, 5.74) is -0.325. The molecule has 20 heavy (non-hydrogen) atoms. The van der Waals surface area contributed by atoms with E-state index in [1.807, 2.05) is 0 Å². The third kappa shape index (κ3) is 2.91. The molecule has 0 spiro atoms. The Morgan fingerprint density at radius 3 is 2.60 bits per heavy atom. The number of rotatable bonds is 3. The summed E-state index contributed by atoms with van der Waals surface area (Å²) in [6.07, 6.45) is 0. The van der Waals surface area contributed by atoms with Crippen molar-refractivity contribution in [2.24, 2.45) is 0 Å². The summed E-state index contributed by atoms with van der Waals surface area (Å²) >= 11 is 8.75. The Balaban J connectivity index is 2.51. The number of halogens is 4. The molecule has 0 amide bonds. The van der Waals surface area contributed by atoms with E-state index in [2.05, 4.69) is 15.9 Å². The second-order valence-corrected chi connectivity index (χ2v) is 5.04. The zero-order valence-electron chi connectivity index (χ0n) is 9.66. The van der Waals surface area contributed by atoms with E-state index < -0.39 is 23.4 Å². The molecular formula is C13H6BrClF2O3. The maximum Gasteiger partial charge on any atom is 0.341 e. The Morgan fingerprint density at radius 2 is 1.95 bits per heavy atom. The van der Waals surface area contributed by atoms with Gasteiger partial charge in [0.15, 0.2) is 11.6 Å². The Hall–Kier alpha value is -1.66. The Morgan fingerprint density at radius 1 is 1.25 bits per heavy atom. The molecule has 0 aliphatic rings. The molecule has 104 valence electrons. The normalized spacial score (nSPS) is 10.4. The van der Waals surface area contributed by atoms with Gasteiger partial charge in [0.05, 0.1) is 5.02 Å². The summed E-state index contributed by atoms with van der Waals surface area (Å²) in [6, 6.07) is 6.21. The number of carboxylic acids is 1. The van der Waals surface area contributed by atoms with Crippen molar-refractivity contribution in [3.05, 3.63) is 57.0 Å². The van der Waals surface area contributed by atoms with Gasteiger partial charge < -0.3 is 9.84 Å². The summed E-state index contributed by atoms with van der Waals surface area (Å²) in [5.74, 6) is -4.29. The number of ether oxygens (including phenoxy) is 1. The molecule has 0 aromatic heterocycles. The van der Waals surface area contributed by atoms with Crippen LogP contribution < -0.4 is 4.74 Å². The lowest BCUT2D eigenvalue weighted by molar-refractivity contribution is 0.0694. The zero-order valence-corrected chi connectivity index (χ0v) is 12.0. The van der Waals surface area contributed by atoms with Crippen molar-refractivity contribution < 1.29 is 23.4 Å². The molecule has 2 aromatic carbocycles. The highest BCUT2D eigenvalue weighted by molar-refractivity contribution is 9.10. The number of hydrogen-bond acceptors (Lipinski definition) is 2. The van der Waals surface area contributed by atoms with Gasteiger partial charge in [0.2, 0.25) is 5.82 Å². The largest absolute Gasteiger partial charge is 0.478 e. The predicted molar refractivity (Wildman–Crippen MR) is 72.5 cm³/mol. The van der Waals surface area contributed by atoms with E-state index in [1.165, 1.54) is 24.3 Å². The minimum atomic E-state index is -1.33. The molecule has 0 radical (unpaired) electrons. The third-order valence-corrected chi connectivity index (χ3v) is 3.14. The van der Waals surface area contributed by atoms with Gasteiger partial charge in [-0.25, -0.2) is 9.18 Å². The van der Waals surface area contributed by atoms with Crippen molar-refractivity contribution >= 4 is 33.5 Å². The smallest absolute Gasteiger partial charge is 0.341 e. The standard InChI is InChI=1S/C13H6BrClF2O3/c14-6-4-8(16)12(17)10(5-6)20-9-3-1-2-7(15)11(9)13(18)19/h1-5H,(H,18,19). The van der Waals surface area contributed by atoms with Crippen LogP contribution in [0.5, 0.6) is 11.5 Å². The van der Waals surface area contributed by atoms with Crippen LogP contribution in [0.15, 0.2) is 34.8 Å². The molecule has 0 fully saturated rings. The molecule has 0 aliphatic heterocycles. The topological polar surface area (TPSA) is 46.5 Å². The number of hydrogen-bond donors (Lipinski definition) is 1. The van der Waals surface area contributed by atoms with Gasteiger partial charge in [-0.3, -0.25) is 0 Å². The second-order valence-electron chi connectivity index (χ2n) is 3.72. The first-order chi connectivity index (χ1) is 9.40. The first-order valence-corrected chi connectivity index (χ1v) is 6.41. The lowest BCUT2D eigenvalue weighted by atomic mass is 10.2. The lowest BCUT2D eigenvalue weighted by Gasteiger charge is -2.11. The molecule has 0 saturated heterocycles. The Labute approximate surface area is 125 Å². The third-order valence-electron chi connectivity index (χ3n) is 2.37. The van der Waals surface area contributed by atoms with E-state index in [0.717, 1.165) is 6.07 Å². The van der Waals surface area contributed by atoms with Gasteiger partial charge in [0.1, 0.15) is 11.3 Å². The highest BCUT2D eigenvalue weighted by atomic mass is 79.9. The zero-order chi connectivity index (χ0) is 14.9. The second kappa shape index (κ2) is 5.76. The summed E-state index contributed by atoms with van der Waals surface area (Å²) in [4.78, 5) is 11.1. The summed E-state index contributed by atoms with van der Waals surface area (Å²) in [6.45, 7) is 0. The van der Waals surface area contributed by atoms with Gasteiger partial charge in [-0.2, -0.15) is 4.39 Å². The maximum absolute atomic E-state index is 13.6. The van der Waals surface area contributed by atoms with Crippen LogP contribution in [0.3, 0.4) is 0 Å². The van der Waals surface area contributed by atoms with Gasteiger partial charge in [-0.15, -0.1) is 0 Å². The van der Waals surface area contributed by atoms with Crippen LogP contribution in [0.2, 0.25) is 5.02 Å². The van der Waals surface area contributed by atoms with E-state index in [9.17, 15) is 13.6 Å². The van der Waals surface area contributed by atoms with E-state index in [0.29, 0.717) is 0 Å². The molecule has 2 aromatic rings. The minimum Gasteiger partial charge on any atom is -0.478 e. The van der Waals surface area contributed by atoms with Crippen LogP contribution in [0.4, 0.5) is 8.78 Å². The molecular weight excluding hydrogens is 357 g/mol. The SMILES string of the molecule is O=C(O)c1c(Cl)cccc1Oc1cc(Br)cc(F)c1F. The summed E-state index contributed by atoms with van der Waals surface area (Å²) in [5, 5.41) is 9.00. The van der Waals surface area contributed by atoms with Crippen LogP contribution >= 0.6 is 27.5 Å². The highest BCUT2D eigenvalue weighted by Crippen LogP contribution is 2.33. The van der Waals surface area contributed by atoms with Crippen molar-refractivity contribution in [2.45, 2.75) is 0 Å². The fourth-order valence-electron chi connectivity index (χ4n) is 1.52. The lowest BCUT2D eigenvalue weighted by Crippen LogP contribution is -2.02. The summed E-state index contributed by atoms with van der Waals surface area (Å²) < 4.78 is 32.2. The van der Waals surface area contributed by atoms with E-state index >= 15 is 0 Å². The van der Waals surface area contributed by atoms with Gasteiger partial charge in [0, 0.05) is 4.47 Å². The molecule has 7 heteroatoms. The molecule has 0 saturated carbocycles. The molecule has 0 aliphatic carbocycles. The molecule has 3 nitrogen and oxygen atoms in total. The molecule has 0 heterocycles. The molecule has 0 atom stereocenters. The van der Waals surface area contributed by atoms with Crippen LogP contribution in [0, 0.1) is 11.6 Å². The number of benzene rings is 2. The molecule has 1 N–H and O–H groups in total. The molecule has 0 bridgehead atoms. The van der Waals surface area contributed by atoms with Crippen molar-refractivity contribution in [3.63, 3.8) is 0 Å². The first-order valence-electron chi connectivity index (χ1n) is 5.24. The van der Waals surface area contributed by atoms with Crippen molar-refractivity contribution in [1.29, 1.82) is 0 Å². The average molecular weight is 364 g/mol. The van der Waals surface area contributed by atoms with Crippen LogP contribution in [-0.4, -0.2) is 11.1 Å². The molecule has 2 rings (SSSR count). The maximum atomic E-state index is 13.6. The monoisotopic (exact) mass is 362 g/mol. The van der Waals surface area contributed by atoms with E-state index in [1.54, 1.807) is 0 Å². The van der Waals surface area contributed by atoms with Crippen molar-refractivity contribution in [2.75, 3.05) is 0 Å². The summed E-state index contributed by atoms with van der Waals surface area (Å²) in [7, 11) is 0. The van der Waals surface area contributed by atoms with Gasteiger partial charge >= 0.3 is 5.97 Å². The quantitative estimate of drug-likeness (QED) is 0.791. The van der Waals surface area contributed by atoms with E-state index in [4.69, 9.17) is 21.4 Å². The number of carboxylic acid groups (broad SMARTS) is 1. The average Bonchev–Trinajstić information content (AvgIpc) is 2.35. The van der Waals surface area contributed by atoms with Crippen molar-refractivity contribution in [3.8, 4) is 11.5 Å². The Kier molecular flexibility index (Phi) is 4.25. The number of aromatic carboxylic acids is 1. The van der Waals surface area contributed by atoms with Gasteiger partial charge in [0.25, 0.3) is 0 Å². The minimum absolute atomic E-state index is 0.0640. The van der Waals surface area contributed by atoms with Crippen molar-refractivity contribution in [1.82, 2.24) is 0 Å². The van der Waals surface area contributed by atoms with Crippen LogP contribution in [0.1, 0.15) is 10.4 Å². The fraction of sp³-hybridized carbons (Fsp3) is 0. The molecule has 0 unspecified atom stereocenters. The van der Waals surface area contributed by atoms with Crippen LogP contribution in [0.25, 0.3) is 0 Å². The van der Waals surface area contributed by atoms with E-state index in [-0.39, 0.29) is 20.8 Å². The Bertz CT molecular complexity index is 692. The first kappa shape index (κ1) is 14.7. The fourth-order valence-corrected chi connectivity index (χ4v) is 2.18. The van der Waals surface area contributed by atoms with Crippen LogP contribution in [-0.2, 0) is 0 Å².